The fourth-order valence-corrected chi connectivity index (χ4v) is 1.23. The molecule has 0 aliphatic carbocycles. The van der Waals surface area contributed by atoms with Crippen LogP contribution in [0.1, 0.15) is 6.42 Å². The molecule has 0 heterocycles. The second kappa shape index (κ2) is 9.61. The molecule has 19 heavy (non-hydrogen) atoms. The van der Waals surface area contributed by atoms with Crippen molar-refractivity contribution in [3.05, 3.63) is 19.6 Å². The van der Waals surface area contributed by atoms with Crippen molar-refractivity contribution in [2.75, 3.05) is 40.5 Å². The van der Waals surface area contributed by atoms with E-state index in [2.05, 4.69) is 21.1 Å². The maximum absolute atomic E-state index is 10.5. The zero-order valence-corrected chi connectivity index (χ0v) is 10.7. The van der Waals surface area contributed by atoms with Gasteiger partial charge in [0, 0.05) is 27.2 Å². The van der Waals surface area contributed by atoms with Crippen LogP contribution in [-0.4, -0.2) is 60.6 Å². The molecule has 0 aliphatic rings. The van der Waals surface area contributed by atoms with Crippen LogP contribution in [0.25, 0.3) is 0 Å². The van der Waals surface area contributed by atoms with E-state index in [1.807, 2.05) is 0 Å². The summed E-state index contributed by atoms with van der Waals surface area (Å²) in [6.07, 6.45) is 0.386. The molecule has 108 valence electrons. The second-order valence-corrected chi connectivity index (χ2v) is 3.74. The number of nitrogens with zero attached hydrogens (tertiary/aromatic N) is 8. The van der Waals surface area contributed by atoms with Crippen molar-refractivity contribution >= 4 is 0 Å². The van der Waals surface area contributed by atoms with Gasteiger partial charge in [-0.2, -0.15) is 0 Å². The van der Waals surface area contributed by atoms with Gasteiger partial charge in [-0.25, -0.2) is 20.0 Å². The minimum Gasteiger partial charge on any atom is -0.243 e. The van der Waals surface area contributed by atoms with Gasteiger partial charge in [0.15, 0.2) is 0 Å². The Morgan fingerprint density at radius 1 is 0.684 bits per heavy atom. The molecule has 0 aromatic heterocycles. The molecule has 0 bridgehead atoms. The molecule has 0 radical (unpaired) electrons. The van der Waals surface area contributed by atoms with Gasteiger partial charge in [-0.05, 0) is 6.42 Å². The van der Waals surface area contributed by atoms with Gasteiger partial charge in [0.1, 0.15) is 13.3 Å². The van der Waals surface area contributed by atoms with Crippen molar-refractivity contribution in [2.24, 2.45) is 21.1 Å². The monoisotopic (exact) mass is 276 g/mol. The van der Waals surface area contributed by atoms with Crippen LogP contribution >= 0.6 is 0 Å². The van der Waals surface area contributed by atoms with Crippen LogP contribution in [-0.2, 0) is 0 Å². The number of hydrogen-bond acceptors (Lipinski definition) is 8. The Labute approximate surface area is 109 Å². The number of hydrogen-bond donors (Lipinski definition) is 0. The molecule has 12 nitrogen and oxygen atoms in total. The lowest BCUT2D eigenvalue weighted by atomic mass is 10.4. The van der Waals surface area contributed by atoms with Crippen molar-refractivity contribution in [3.8, 4) is 0 Å². The van der Waals surface area contributed by atoms with Gasteiger partial charge in [-0.3, -0.25) is 0 Å². The SMILES string of the molecule is CN(CN(CCCN(CN(C)N=O)N=O)N=O)N=O. The van der Waals surface area contributed by atoms with Gasteiger partial charge in [-0.1, -0.05) is 0 Å². The third-order valence-corrected chi connectivity index (χ3v) is 2.08. The minimum absolute atomic E-state index is 0.0443. The first-order valence-corrected chi connectivity index (χ1v) is 5.32. The third-order valence-electron chi connectivity index (χ3n) is 2.08. The molecule has 0 aliphatic heterocycles. The van der Waals surface area contributed by atoms with Crippen LogP contribution < -0.4 is 0 Å². The van der Waals surface area contributed by atoms with Gasteiger partial charge in [-0.15, -0.1) is 19.6 Å². The molecular formula is C7H16N8O4. The summed E-state index contributed by atoms with van der Waals surface area (Å²) < 4.78 is 0. The summed E-state index contributed by atoms with van der Waals surface area (Å²) >= 11 is 0. The summed E-state index contributed by atoms with van der Waals surface area (Å²) in [7, 11) is 2.80. The molecule has 0 atom stereocenters. The summed E-state index contributed by atoms with van der Waals surface area (Å²) in [6.45, 7) is 0.343. The Morgan fingerprint density at radius 3 is 1.32 bits per heavy atom. The van der Waals surface area contributed by atoms with E-state index in [4.69, 9.17) is 0 Å². The summed E-state index contributed by atoms with van der Waals surface area (Å²) in [5.41, 5.74) is 0. The Bertz CT molecular complexity index is 275. The van der Waals surface area contributed by atoms with E-state index < -0.39 is 0 Å². The van der Waals surface area contributed by atoms with Gasteiger partial charge in [0.25, 0.3) is 0 Å². The lowest BCUT2D eigenvalue weighted by molar-refractivity contribution is 0.130. The Kier molecular flexibility index (Phi) is 8.40. The largest absolute Gasteiger partial charge is 0.243 e. The van der Waals surface area contributed by atoms with E-state index in [0.29, 0.717) is 6.42 Å². The van der Waals surface area contributed by atoms with Crippen LogP contribution in [0, 0.1) is 19.6 Å². The molecule has 0 spiro atoms. The fraction of sp³-hybridized carbons (Fsp3) is 1.00. The Hall–Kier alpha value is -2.40. The van der Waals surface area contributed by atoms with Gasteiger partial charge >= 0.3 is 0 Å². The van der Waals surface area contributed by atoms with Gasteiger partial charge < -0.3 is 0 Å². The Morgan fingerprint density at radius 2 is 1.05 bits per heavy atom. The first-order valence-electron chi connectivity index (χ1n) is 5.32. The zero-order valence-electron chi connectivity index (χ0n) is 10.7. The van der Waals surface area contributed by atoms with E-state index in [1.54, 1.807) is 0 Å². The minimum atomic E-state index is -0.0443. The maximum Gasteiger partial charge on any atom is 0.129 e. The highest BCUT2D eigenvalue weighted by Gasteiger charge is 2.10. The van der Waals surface area contributed by atoms with Crippen molar-refractivity contribution < 1.29 is 0 Å². The normalized spacial score (nSPS) is 9.37. The molecule has 0 saturated carbocycles. The molecule has 0 amide bonds. The van der Waals surface area contributed by atoms with Crippen molar-refractivity contribution in [2.45, 2.75) is 6.42 Å². The number of rotatable bonds is 12. The maximum atomic E-state index is 10.5. The van der Waals surface area contributed by atoms with Crippen molar-refractivity contribution in [3.63, 3.8) is 0 Å². The van der Waals surface area contributed by atoms with Crippen molar-refractivity contribution in [1.29, 1.82) is 0 Å². The zero-order chi connectivity index (χ0) is 14.7. The molecule has 0 N–H and O–H groups in total. The van der Waals surface area contributed by atoms with E-state index in [0.717, 1.165) is 20.0 Å². The van der Waals surface area contributed by atoms with E-state index in [9.17, 15) is 19.6 Å². The second-order valence-electron chi connectivity index (χ2n) is 3.74. The highest BCUT2D eigenvalue weighted by molar-refractivity contribution is 4.55. The molecule has 0 fully saturated rings. The standard InChI is InChI=1S/C7H16N8O4/c1-12(8-16)6-14(10-18)4-3-5-15(11-19)7-13(2)9-17/h3-7H2,1-2H3. The summed E-state index contributed by atoms with van der Waals surface area (Å²) in [5, 5.41) is 14.8. The van der Waals surface area contributed by atoms with Crippen molar-refractivity contribution in [1.82, 2.24) is 20.0 Å². The molecule has 0 rings (SSSR count). The average Bonchev–Trinajstić information content (AvgIpc) is 2.44. The fourth-order valence-electron chi connectivity index (χ4n) is 1.23. The topological polar surface area (TPSA) is 131 Å². The first-order chi connectivity index (χ1) is 9.07. The number of nitroso groups, excluding NO2 is 4. The molecular weight excluding hydrogens is 260 g/mol. The first kappa shape index (κ1) is 16.6. The van der Waals surface area contributed by atoms with Gasteiger partial charge in [0.2, 0.25) is 0 Å². The molecule has 12 heteroatoms. The highest BCUT2D eigenvalue weighted by atomic mass is 16.3. The highest BCUT2D eigenvalue weighted by Crippen LogP contribution is 1.99. The Balaban J connectivity index is 4.02. The van der Waals surface area contributed by atoms with Crippen LogP contribution in [0.2, 0.25) is 0 Å². The quantitative estimate of drug-likeness (QED) is 0.286. The van der Waals surface area contributed by atoms with E-state index in [1.165, 1.54) is 14.1 Å². The lowest BCUT2D eigenvalue weighted by Crippen LogP contribution is -2.33. The summed E-state index contributed by atoms with van der Waals surface area (Å²) in [6, 6.07) is 0. The summed E-state index contributed by atoms with van der Waals surface area (Å²) in [5.74, 6) is 0. The molecule has 0 saturated heterocycles. The van der Waals surface area contributed by atoms with Gasteiger partial charge in [0.05, 0.1) is 21.1 Å². The molecule has 0 aromatic rings. The van der Waals surface area contributed by atoms with Crippen LogP contribution in [0.15, 0.2) is 21.1 Å². The van der Waals surface area contributed by atoms with E-state index in [-0.39, 0.29) is 26.4 Å². The average molecular weight is 276 g/mol. The third kappa shape index (κ3) is 7.51. The van der Waals surface area contributed by atoms with E-state index >= 15 is 0 Å². The van der Waals surface area contributed by atoms with Crippen LogP contribution in [0.3, 0.4) is 0 Å². The smallest absolute Gasteiger partial charge is 0.129 e. The predicted octanol–water partition coefficient (Wildman–Crippen LogP) is 0.485. The van der Waals surface area contributed by atoms with Crippen LogP contribution in [0.5, 0.6) is 0 Å². The predicted molar refractivity (Wildman–Crippen MR) is 66.5 cm³/mol. The molecule has 0 aromatic carbocycles. The van der Waals surface area contributed by atoms with Crippen LogP contribution in [0.4, 0.5) is 0 Å². The molecule has 0 unspecified atom stereocenters. The lowest BCUT2D eigenvalue weighted by Gasteiger charge is -2.21. The summed E-state index contributed by atoms with van der Waals surface area (Å²) in [4.78, 5) is 41.2.